The summed E-state index contributed by atoms with van der Waals surface area (Å²) in [4.78, 5) is 8.07. The lowest BCUT2D eigenvalue weighted by atomic mass is 10.1. The molecule has 2 aromatic heterocycles. The highest BCUT2D eigenvalue weighted by molar-refractivity contribution is 6.31. The molecule has 4 nitrogen and oxygen atoms in total. The molecule has 0 saturated carbocycles. The maximum Gasteiger partial charge on any atom is 0.165 e. The van der Waals surface area contributed by atoms with E-state index in [0.717, 1.165) is 0 Å². The normalized spacial score (nSPS) is 10.5. The van der Waals surface area contributed by atoms with Crippen LogP contribution in [0.3, 0.4) is 0 Å². The Morgan fingerprint density at radius 3 is 2.77 bits per heavy atom. The Labute approximate surface area is 135 Å². The predicted octanol–water partition coefficient (Wildman–Crippen LogP) is 4.69. The van der Waals surface area contributed by atoms with Crippen LogP contribution in [0.15, 0.2) is 36.7 Å². The van der Waals surface area contributed by atoms with Crippen LogP contribution >= 0.6 is 23.2 Å². The molecule has 0 unspecified atom stereocenters. The first-order valence-corrected chi connectivity index (χ1v) is 6.91. The Bertz CT molecular complexity index is 921. The van der Waals surface area contributed by atoms with Crippen molar-refractivity contribution in [2.75, 3.05) is 5.32 Å². The number of anilines is 2. The molecule has 7 heteroatoms. The number of fused-ring (bicyclic) bond motifs is 1. The number of nitrogens with zero attached hydrogens (tertiary/aromatic N) is 3. The highest BCUT2D eigenvalue weighted by atomic mass is 35.5. The minimum absolute atomic E-state index is 0.0124. The average molecular weight is 333 g/mol. The fourth-order valence-corrected chi connectivity index (χ4v) is 2.36. The van der Waals surface area contributed by atoms with Crippen LogP contribution in [0.2, 0.25) is 10.2 Å². The van der Waals surface area contributed by atoms with Gasteiger partial charge < -0.3 is 5.32 Å². The van der Waals surface area contributed by atoms with Crippen LogP contribution in [0, 0.1) is 17.1 Å². The molecule has 0 radical (unpaired) electrons. The standard InChI is InChI=1S/C15H7Cl2FN4/c16-10-2-1-3-11(14(10)18)22-15-8(5-19)6-20-12-7-21-13(17)4-9(12)15/h1-4,6-7H,(H,20,22). The van der Waals surface area contributed by atoms with Crippen molar-refractivity contribution in [1.29, 1.82) is 5.26 Å². The maximum absolute atomic E-state index is 14.1. The number of nitriles is 1. The maximum atomic E-state index is 14.1. The van der Waals surface area contributed by atoms with E-state index >= 15 is 0 Å². The van der Waals surface area contributed by atoms with E-state index in [1.165, 1.54) is 24.5 Å². The smallest absolute Gasteiger partial charge is 0.165 e. The fraction of sp³-hybridized carbons (Fsp3) is 0. The van der Waals surface area contributed by atoms with Gasteiger partial charge in [0.25, 0.3) is 0 Å². The van der Waals surface area contributed by atoms with Gasteiger partial charge in [0.1, 0.15) is 11.2 Å². The molecule has 2 heterocycles. The quantitative estimate of drug-likeness (QED) is 0.691. The summed E-state index contributed by atoms with van der Waals surface area (Å²) in [5, 5.41) is 12.9. The molecule has 0 amide bonds. The molecule has 0 atom stereocenters. The third-order valence-electron chi connectivity index (χ3n) is 3.05. The summed E-state index contributed by atoms with van der Waals surface area (Å²) in [6, 6.07) is 8.16. The molecule has 3 rings (SSSR count). The van der Waals surface area contributed by atoms with Crippen LogP contribution in [0.5, 0.6) is 0 Å². The summed E-state index contributed by atoms with van der Waals surface area (Å²) in [6.07, 6.45) is 2.88. The zero-order valence-corrected chi connectivity index (χ0v) is 12.5. The first kappa shape index (κ1) is 14.5. The van der Waals surface area contributed by atoms with E-state index in [9.17, 15) is 9.65 Å². The van der Waals surface area contributed by atoms with Crippen LogP contribution in [-0.4, -0.2) is 9.97 Å². The summed E-state index contributed by atoms with van der Waals surface area (Å²) in [7, 11) is 0. The number of rotatable bonds is 2. The molecule has 0 fully saturated rings. The van der Waals surface area contributed by atoms with Gasteiger partial charge >= 0.3 is 0 Å². The molecule has 1 N–H and O–H groups in total. The number of nitrogens with one attached hydrogen (secondary N) is 1. The number of pyridine rings is 2. The van der Waals surface area contributed by atoms with Gasteiger partial charge in [-0.2, -0.15) is 5.26 Å². The first-order chi connectivity index (χ1) is 10.6. The van der Waals surface area contributed by atoms with Crippen molar-refractivity contribution in [2.45, 2.75) is 0 Å². The zero-order chi connectivity index (χ0) is 15.7. The lowest BCUT2D eigenvalue weighted by Gasteiger charge is -2.12. The largest absolute Gasteiger partial charge is 0.351 e. The Kier molecular flexibility index (Phi) is 3.80. The SMILES string of the molecule is N#Cc1cnc2cnc(Cl)cc2c1Nc1cccc(Cl)c1F. The highest BCUT2D eigenvalue weighted by Gasteiger charge is 2.13. The third kappa shape index (κ3) is 2.54. The molecule has 108 valence electrons. The van der Waals surface area contributed by atoms with Crippen LogP contribution in [0.25, 0.3) is 10.9 Å². The summed E-state index contributed by atoms with van der Waals surface area (Å²) in [5.41, 5.74) is 1.35. The number of hydrogen-bond acceptors (Lipinski definition) is 4. The van der Waals surface area contributed by atoms with Crippen LogP contribution in [0.4, 0.5) is 15.8 Å². The number of benzene rings is 1. The third-order valence-corrected chi connectivity index (χ3v) is 3.55. The van der Waals surface area contributed by atoms with Crippen molar-refractivity contribution in [3.05, 3.63) is 58.2 Å². The van der Waals surface area contributed by atoms with Gasteiger partial charge in [0.2, 0.25) is 0 Å². The highest BCUT2D eigenvalue weighted by Crippen LogP contribution is 2.32. The summed E-state index contributed by atoms with van der Waals surface area (Å²) >= 11 is 11.7. The second kappa shape index (κ2) is 5.76. The summed E-state index contributed by atoms with van der Waals surface area (Å²) in [5.74, 6) is -0.599. The van der Waals surface area contributed by atoms with Gasteiger partial charge in [-0.3, -0.25) is 4.98 Å². The van der Waals surface area contributed by atoms with Crippen molar-refractivity contribution in [1.82, 2.24) is 9.97 Å². The Morgan fingerprint density at radius 1 is 1.18 bits per heavy atom. The molecule has 0 aliphatic heterocycles. The van der Waals surface area contributed by atoms with Crippen molar-refractivity contribution < 1.29 is 4.39 Å². The molecule has 0 aliphatic carbocycles. The molecular weight excluding hydrogens is 326 g/mol. The van der Waals surface area contributed by atoms with Crippen molar-refractivity contribution in [3.8, 4) is 6.07 Å². The van der Waals surface area contributed by atoms with E-state index in [0.29, 0.717) is 16.6 Å². The lowest BCUT2D eigenvalue weighted by Crippen LogP contribution is -1.99. The van der Waals surface area contributed by atoms with Crippen LogP contribution < -0.4 is 5.32 Å². The molecule has 1 aromatic carbocycles. The molecule has 22 heavy (non-hydrogen) atoms. The summed E-state index contributed by atoms with van der Waals surface area (Å²) < 4.78 is 14.1. The monoisotopic (exact) mass is 332 g/mol. The number of halogens is 3. The molecule has 0 saturated heterocycles. The van der Waals surface area contributed by atoms with Crippen LogP contribution in [0.1, 0.15) is 5.56 Å². The minimum Gasteiger partial charge on any atom is -0.351 e. The Balaban J connectivity index is 2.22. The molecule has 3 aromatic rings. The number of hydrogen-bond donors (Lipinski definition) is 1. The second-order valence-electron chi connectivity index (χ2n) is 4.41. The molecule has 0 spiro atoms. The molecular formula is C15H7Cl2FN4. The van der Waals surface area contributed by atoms with Gasteiger partial charge in [-0.1, -0.05) is 29.3 Å². The first-order valence-electron chi connectivity index (χ1n) is 6.15. The van der Waals surface area contributed by atoms with E-state index in [2.05, 4.69) is 15.3 Å². The lowest BCUT2D eigenvalue weighted by molar-refractivity contribution is 0.632. The van der Waals surface area contributed by atoms with E-state index in [1.54, 1.807) is 12.1 Å². The molecule has 0 bridgehead atoms. The van der Waals surface area contributed by atoms with Crippen LogP contribution in [-0.2, 0) is 0 Å². The Morgan fingerprint density at radius 2 is 2.00 bits per heavy atom. The topological polar surface area (TPSA) is 61.6 Å². The fourth-order valence-electron chi connectivity index (χ4n) is 2.02. The van der Waals surface area contributed by atoms with Gasteiger partial charge in [0.05, 0.1) is 33.7 Å². The average Bonchev–Trinajstić information content (AvgIpc) is 2.52. The number of aromatic nitrogens is 2. The van der Waals surface area contributed by atoms with E-state index < -0.39 is 5.82 Å². The Hall–Kier alpha value is -2.42. The van der Waals surface area contributed by atoms with E-state index in [1.807, 2.05) is 6.07 Å². The van der Waals surface area contributed by atoms with Gasteiger partial charge in [0.15, 0.2) is 5.82 Å². The van der Waals surface area contributed by atoms with Gasteiger partial charge in [0, 0.05) is 11.6 Å². The van der Waals surface area contributed by atoms with Gasteiger partial charge in [-0.25, -0.2) is 9.37 Å². The molecule has 0 aliphatic rings. The van der Waals surface area contributed by atoms with E-state index in [4.69, 9.17) is 23.2 Å². The minimum atomic E-state index is -0.599. The summed E-state index contributed by atoms with van der Waals surface area (Å²) in [6.45, 7) is 0. The zero-order valence-electron chi connectivity index (χ0n) is 10.9. The van der Waals surface area contributed by atoms with Gasteiger partial charge in [-0.15, -0.1) is 0 Å². The van der Waals surface area contributed by atoms with Crippen molar-refractivity contribution in [3.63, 3.8) is 0 Å². The van der Waals surface area contributed by atoms with E-state index in [-0.39, 0.29) is 21.4 Å². The van der Waals surface area contributed by atoms with Crippen molar-refractivity contribution >= 4 is 45.5 Å². The van der Waals surface area contributed by atoms with Crippen molar-refractivity contribution in [2.24, 2.45) is 0 Å². The predicted molar refractivity (Wildman–Crippen MR) is 84.0 cm³/mol. The second-order valence-corrected chi connectivity index (χ2v) is 5.20. The van der Waals surface area contributed by atoms with Gasteiger partial charge in [-0.05, 0) is 18.2 Å².